The zero-order chi connectivity index (χ0) is 19.1. The van der Waals surface area contributed by atoms with E-state index in [1.165, 1.54) is 4.90 Å². The van der Waals surface area contributed by atoms with Crippen LogP contribution in [0.3, 0.4) is 0 Å². The summed E-state index contributed by atoms with van der Waals surface area (Å²) >= 11 is 12.0. The topological polar surface area (TPSA) is 66.6 Å². The number of aliphatic hydroxyl groups is 1. The molecule has 1 aromatic heterocycles. The number of alkyl halides is 1. The summed E-state index contributed by atoms with van der Waals surface area (Å²) in [5, 5.41) is 10.4. The second-order valence-corrected chi connectivity index (χ2v) is 7.36. The van der Waals surface area contributed by atoms with Crippen LogP contribution in [0.2, 0.25) is 10.0 Å². The summed E-state index contributed by atoms with van der Waals surface area (Å²) in [5.41, 5.74) is 2.01. The average Bonchev–Trinajstić information content (AvgIpc) is 3.06. The van der Waals surface area contributed by atoms with Gasteiger partial charge in [0.2, 0.25) is 5.89 Å². The number of hydrogen-bond acceptors (Lipinski definition) is 4. The van der Waals surface area contributed by atoms with Crippen molar-refractivity contribution in [1.82, 2.24) is 9.88 Å². The normalized spacial score (nSPS) is 20.2. The molecule has 1 amide bonds. The SMILES string of the molecule is O=C(c1ccc2nc(-c3cc(Cl)cc(Cl)c3)oc2c1)N1CC[C@H](O)[C@H](F)C1. The minimum atomic E-state index is -1.43. The summed E-state index contributed by atoms with van der Waals surface area (Å²) in [5.74, 6) is 0.0270. The number of carbonyl (C=O) groups excluding carboxylic acids is 1. The number of benzene rings is 2. The Kier molecular flexibility index (Phi) is 4.80. The summed E-state index contributed by atoms with van der Waals surface area (Å²) < 4.78 is 19.5. The van der Waals surface area contributed by atoms with Crippen LogP contribution in [0.25, 0.3) is 22.6 Å². The molecule has 0 aliphatic carbocycles. The number of rotatable bonds is 2. The number of likely N-dealkylation sites (tertiary alicyclic amines) is 1. The van der Waals surface area contributed by atoms with Crippen LogP contribution >= 0.6 is 23.2 Å². The van der Waals surface area contributed by atoms with Crippen LogP contribution in [-0.2, 0) is 0 Å². The number of nitrogens with zero attached hydrogens (tertiary/aromatic N) is 2. The first-order valence-electron chi connectivity index (χ1n) is 8.39. The fourth-order valence-electron chi connectivity index (χ4n) is 3.12. The first-order chi connectivity index (χ1) is 12.9. The maximum absolute atomic E-state index is 13.7. The van der Waals surface area contributed by atoms with Crippen molar-refractivity contribution >= 4 is 40.2 Å². The highest BCUT2D eigenvalue weighted by Gasteiger charge is 2.30. The fourth-order valence-corrected chi connectivity index (χ4v) is 3.64. The summed E-state index contributed by atoms with van der Waals surface area (Å²) in [7, 11) is 0. The van der Waals surface area contributed by atoms with Gasteiger partial charge in [0.1, 0.15) is 11.7 Å². The lowest BCUT2D eigenvalue weighted by Gasteiger charge is -2.32. The van der Waals surface area contributed by atoms with Gasteiger partial charge >= 0.3 is 0 Å². The number of hydrogen-bond donors (Lipinski definition) is 1. The molecule has 1 aliphatic rings. The van der Waals surface area contributed by atoms with Crippen LogP contribution in [0.5, 0.6) is 0 Å². The zero-order valence-electron chi connectivity index (χ0n) is 14.0. The van der Waals surface area contributed by atoms with Crippen molar-refractivity contribution in [2.75, 3.05) is 13.1 Å². The van der Waals surface area contributed by atoms with Crippen molar-refractivity contribution in [3.63, 3.8) is 0 Å². The number of fused-ring (bicyclic) bond motifs is 1. The Hall–Kier alpha value is -2.15. The van der Waals surface area contributed by atoms with Crippen LogP contribution < -0.4 is 0 Å². The Morgan fingerprint density at radius 2 is 1.96 bits per heavy atom. The second-order valence-electron chi connectivity index (χ2n) is 6.48. The molecule has 0 spiro atoms. The monoisotopic (exact) mass is 408 g/mol. The van der Waals surface area contributed by atoms with Gasteiger partial charge in [-0.3, -0.25) is 4.79 Å². The number of aliphatic hydroxyl groups excluding tert-OH is 1. The lowest BCUT2D eigenvalue weighted by atomic mass is 10.0. The van der Waals surface area contributed by atoms with Gasteiger partial charge in [0.25, 0.3) is 5.91 Å². The smallest absolute Gasteiger partial charge is 0.254 e. The molecule has 1 fully saturated rings. The van der Waals surface area contributed by atoms with Gasteiger partial charge < -0.3 is 14.4 Å². The van der Waals surface area contributed by atoms with E-state index >= 15 is 0 Å². The Bertz CT molecular complexity index is 1000. The third-order valence-corrected chi connectivity index (χ3v) is 4.98. The molecule has 1 N–H and O–H groups in total. The molecular formula is C19H15Cl2FN2O3. The number of piperidine rings is 1. The van der Waals surface area contributed by atoms with E-state index in [0.717, 1.165) is 0 Å². The molecule has 0 bridgehead atoms. The molecule has 1 aliphatic heterocycles. The Balaban J connectivity index is 1.64. The molecule has 8 heteroatoms. The molecule has 2 aromatic carbocycles. The summed E-state index contributed by atoms with van der Waals surface area (Å²) in [4.78, 5) is 18.4. The zero-order valence-corrected chi connectivity index (χ0v) is 15.5. The first-order valence-corrected chi connectivity index (χ1v) is 9.15. The van der Waals surface area contributed by atoms with Crippen LogP contribution in [-0.4, -0.2) is 46.3 Å². The van der Waals surface area contributed by atoms with E-state index in [9.17, 15) is 14.3 Å². The van der Waals surface area contributed by atoms with Crippen LogP contribution in [0.15, 0.2) is 40.8 Å². The minimum absolute atomic E-state index is 0.124. The van der Waals surface area contributed by atoms with Gasteiger partial charge in [-0.2, -0.15) is 0 Å². The molecule has 0 unspecified atom stereocenters. The number of oxazole rings is 1. The number of carbonyl (C=O) groups is 1. The third kappa shape index (κ3) is 3.65. The maximum atomic E-state index is 13.7. The highest BCUT2D eigenvalue weighted by molar-refractivity contribution is 6.35. The van der Waals surface area contributed by atoms with Gasteiger partial charge in [-0.05, 0) is 42.8 Å². The van der Waals surface area contributed by atoms with Crippen LogP contribution in [0, 0.1) is 0 Å². The first kappa shape index (κ1) is 18.2. The van der Waals surface area contributed by atoms with Gasteiger partial charge in [-0.25, -0.2) is 9.37 Å². The van der Waals surface area contributed by atoms with Crippen molar-refractivity contribution in [3.05, 3.63) is 52.0 Å². The van der Waals surface area contributed by atoms with Crippen LogP contribution in [0.4, 0.5) is 4.39 Å². The highest BCUT2D eigenvalue weighted by atomic mass is 35.5. The van der Waals surface area contributed by atoms with E-state index in [4.69, 9.17) is 27.6 Å². The van der Waals surface area contributed by atoms with Crippen molar-refractivity contribution < 1.29 is 18.7 Å². The molecule has 3 aromatic rings. The van der Waals surface area contributed by atoms with Gasteiger partial charge in [-0.15, -0.1) is 0 Å². The highest BCUT2D eigenvalue weighted by Crippen LogP contribution is 2.30. The quantitative estimate of drug-likeness (QED) is 0.684. The number of amides is 1. The molecular weight excluding hydrogens is 394 g/mol. The van der Waals surface area contributed by atoms with Crippen LogP contribution in [0.1, 0.15) is 16.8 Å². The largest absolute Gasteiger partial charge is 0.436 e. The number of aromatic nitrogens is 1. The Morgan fingerprint density at radius 1 is 1.22 bits per heavy atom. The van der Waals surface area contributed by atoms with Gasteiger partial charge in [-0.1, -0.05) is 23.2 Å². The van der Waals surface area contributed by atoms with E-state index in [2.05, 4.69) is 4.98 Å². The number of halogens is 3. The van der Waals surface area contributed by atoms with Gasteiger partial charge in [0, 0.05) is 27.7 Å². The molecule has 1 saturated heterocycles. The fraction of sp³-hybridized carbons (Fsp3) is 0.263. The Morgan fingerprint density at radius 3 is 2.67 bits per heavy atom. The maximum Gasteiger partial charge on any atom is 0.254 e. The molecule has 0 saturated carbocycles. The van der Waals surface area contributed by atoms with Gasteiger partial charge in [0.15, 0.2) is 5.58 Å². The lowest BCUT2D eigenvalue weighted by Crippen LogP contribution is -2.47. The van der Waals surface area contributed by atoms with Crippen molar-refractivity contribution in [3.8, 4) is 11.5 Å². The summed E-state index contributed by atoms with van der Waals surface area (Å²) in [6.07, 6.45) is -2.23. The summed E-state index contributed by atoms with van der Waals surface area (Å²) in [6, 6.07) is 9.86. The second kappa shape index (κ2) is 7.11. The third-order valence-electron chi connectivity index (χ3n) is 4.54. The summed E-state index contributed by atoms with van der Waals surface area (Å²) in [6.45, 7) is 0.182. The standard InChI is InChI=1S/C19H15Cl2FN2O3/c20-12-5-11(6-13(21)8-12)18-23-15-2-1-10(7-17(15)27-18)19(26)24-4-3-16(25)14(22)9-24/h1-2,5-8,14,16,25H,3-4,9H2/t14-,16+/m1/s1. The molecule has 140 valence electrons. The van der Waals surface area contributed by atoms with E-state index < -0.39 is 12.3 Å². The molecule has 2 atom stereocenters. The lowest BCUT2D eigenvalue weighted by molar-refractivity contribution is 0.00826. The van der Waals surface area contributed by atoms with Gasteiger partial charge in [0.05, 0.1) is 12.6 Å². The van der Waals surface area contributed by atoms with E-state index in [1.54, 1.807) is 36.4 Å². The molecule has 5 nitrogen and oxygen atoms in total. The Labute approximate surface area is 164 Å². The predicted molar refractivity (Wildman–Crippen MR) is 101 cm³/mol. The minimum Gasteiger partial charge on any atom is -0.436 e. The van der Waals surface area contributed by atoms with E-state index in [1.807, 2.05) is 0 Å². The molecule has 2 heterocycles. The average molecular weight is 409 g/mol. The van der Waals surface area contributed by atoms with E-state index in [0.29, 0.717) is 44.7 Å². The predicted octanol–water partition coefficient (Wildman–Crippen LogP) is 4.35. The van der Waals surface area contributed by atoms with Crippen molar-refractivity contribution in [2.45, 2.75) is 18.7 Å². The van der Waals surface area contributed by atoms with E-state index in [-0.39, 0.29) is 18.9 Å². The molecule has 4 rings (SSSR count). The van der Waals surface area contributed by atoms with Crippen molar-refractivity contribution in [2.24, 2.45) is 0 Å². The molecule has 0 radical (unpaired) electrons. The van der Waals surface area contributed by atoms with Crippen molar-refractivity contribution in [1.29, 1.82) is 0 Å². The molecule has 27 heavy (non-hydrogen) atoms.